The van der Waals surface area contributed by atoms with Crippen LogP contribution in [0.2, 0.25) is 0 Å². The number of ether oxygens (including phenoxy) is 2. The molecule has 0 radical (unpaired) electrons. The van der Waals surface area contributed by atoms with Gasteiger partial charge in [-0.1, -0.05) is 0 Å². The third-order valence-corrected chi connectivity index (χ3v) is 2.89. The van der Waals surface area contributed by atoms with Crippen LogP contribution in [0.25, 0.3) is 0 Å². The zero-order valence-electron chi connectivity index (χ0n) is 10.6. The minimum atomic E-state index is -0.0671. The van der Waals surface area contributed by atoms with Gasteiger partial charge in [-0.25, -0.2) is 9.97 Å². The Morgan fingerprint density at radius 1 is 1.41 bits per heavy atom. The summed E-state index contributed by atoms with van der Waals surface area (Å²) in [6, 6.07) is 0.368. The minimum absolute atomic E-state index is 0.0671. The van der Waals surface area contributed by atoms with E-state index in [1.807, 2.05) is 0 Å². The number of anilines is 1. The van der Waals surface area contributed by atoms with E-state index >= 15 is 0 Å². The van der Waals surface area contributed by atoms with Gasteiger partial charge in [0.2, 0.25) is 5.95 Å². The summed E-state index contributed by atoms with van der Waals surface area (Å²) in [5, 5.41) is 3.33. The number of nitrogens with zero attached hydrogens (tertiary/aromatic N) is 2. The monoisotopic (exact) mass is 237 g/mol. The van der Waals surface area contributed by atoms with Gasteiger partial charge < -0.3 is 14.8 Å². The quantitative estimate of drug-likeness (QED) is 0.869. The molecule has 0 saturated carbocycles. The van der Waals surface area contributed by atoms with Crippen molar-refractivity contribution >= 4 is 5.95 Å². The number of nitrogens with one attached hydrogen (secondary N) is 1. The van der Waals surface area contributed by atoms with Crippen molar-refractivity contribution in [3.63, 3.8) is 0 Å². The fourth-order valence-electron chi connectivity index (χ4n) is 2.03. The summed E-state index contributed by atoms with van der Waals surface area (Å²) in [6.07, 6.45) is 5.28. The van der Waals surface area contributed by atoms with Crippen molar-refractivity contribution in [3.05, 3.63) is 12.4 Å². The number of aromatic nitrogens is 2. The summed E-state index contributed by atoms with van der Waals surface area (Å²) in [4.78, 5) is 8.41. The van der Waals surface area contributed by atoms with Crippen LogP contribution in [-0.4, -0.2) is 35.3 Å². The van der Waals surface area contributed by atoms with Crippen LogP contribution in [-0.2, 0) is 4.74 Å². The maximum Gasteiger partial charge on any atom is 0.223 e. The Labute approximate surface area is 102 Å². The van der Waals surface area contributed by atoms with Crippen molar-refractivity contribution in [3.8, 4) is 5.75 Å². The number of methoxy groups -OCH3 is 1. The first-order valence-corrected chi connectivity index (χ1v) is 5.85. The largest absolute Gasteiger partial charge is 0.494 e. The highest BCUT2D eigenvalue weighted by Gasteiger charge is 2.28. The molecule has 1 aliphatic rings. The molecule has 1 aromatic heterocycles. The predicted octanol–water partition coefficient (Wildman–Crippen LogP) is 1.85. The van der Waals surface area contributed by atoms with Crippen molar-refractivity contribution in [2.24, 2.45) is 0 Å². The van der Waals surface area contributed by atoms with Crippen molar-refractivity contribution in [1.29, 1.82) is 0 Å². The Kier molecular flexibility index (Phi) is 3.47. The van der Waals surface area contributed by atoms with Gasteiger partial charge in [0.15, 0.2) is 5.75 Å². The molecule has 1 aromatic rings. The van der Waals surface area contributed by atoms with Crippen molar-refractivity contribution < 1.29 is 9.47 Å². The van der Waals surface area contributed by atoms with Gasteiger partial charge in [0.1, 0.15) is 0 Å². The smallest absolute Gasteiger partial charge is 0.223 e. The van der Waals surface area contributed by atoms with E-state index in [0.29, 0.717) is 17.7 Å². The molecule has 1 atom stereocenters. The lowest BCUT2D eigenvalue weighted by Crippen LogP contribution is -2.40. The molecule has 1 aliphatic heterocycles. The first-order chi connectivity index (χ1) is 8.09. The molecule has 1 saturated heterocycles. The summed E-state index contributed by atoms with van der Waals surface area (Å²) < 4.78 is 10.7. The second kappa shape index (κ2) is 4.87. The number of hydrogen-bond acceptors (Lipinski definition) is 5. The topological polar surface area (TPSA) is 56.3 Å². The Hall–Kier alpha value is -1.36. The molecule has 1 fully saturated rings. The van der Waals surface area contributed by atoms with Gasteiger partial charge in [-0.3, -0.25) is 0 Å². The van der Waals surface area contributed by atoms with Gasteiger partial charge in [0.25, 0.3) is 0 Å². The fraction of sp³-hybridized carbons (Fsp3) is 0.667. The van der Waals surface area contributed by atoms with E-state index in [9.17, 15) is 0 Å². The molecular formula is C12H19N3O2. The number of hydrogen-bond donors (Lipinski definition) is 1. The van der Waals surface area contributed by atoms with Gasteiger partial charge in [-0.2, -0.15) is 0 Å². The van der Waals surface area contributed by atoms with Crippen LogP contribution >= 0.6 is 0 Å². The van der Waals surface area contributed by atoms with E-state index in [0.717, 1.165) is 19.4 Å². The summed E-state index contributed by atoms with van der Waals surface area (Å²) >= 11 is 0. The predicted molar refractivity (Wildman–Crippen MR) is 65.3 cm³/mol. The molecule has 0 amide bonds. The van der Waals surface area contributed by atoms with Gasteiger partial charge in [-0.15, -0.1) is 0 Å². The van der Waals surface area contributed by atoms with Crippen molar-refractivity contribution in [2.45, 2.75) is 38.3 Å². The summed E-state index contributed by atoms with van der Waals surface area (Å²) in [5.74, 6) is 1.32. The fourth-order valence-corrected chi connectivity index (χ4v) is 2.03. The molecule has 17 heavy (non-hydrogen) atoms. The SMILES string of the molecule is COc1cnc(NC2CCOC(C)(C)C2)nc1. The molecule has 0 aliphatic carbocycles. The zero-order chi connectivity index (χ0) is 12.3. The molecule has 5 nitrogen and oxygen atoms in total. The maximum atomic E-state index is 5.67. The lowest BCUT2D eigenvalue weighted by molar-refractivity contribution is -0.0554. The van der Waals surface area contributed by atoms with E-state index in [2.05, 4.69) is 29.1 Å². The van der Waals surface area contributed by atoms with Crippen LogP contribution in [0.1, 0.15) is 26.7 Å². The Morgan fingerprint density at radius 3 is 2.71 bits per heavy atom. The molecule has 2 heterocycles. The lowest BCUT2D eigenvalue weighted by Gasteiger charge is -2.35. The molecule has 0 bridgehead atoms. The van der Waals surface area contributed by atoms with Crippen molar-refractivity contribution in [1.82, 2.24) is 9.97 Å². The first-order valence-electron chi connectivity index (χ1n) is 5.85. The average Bonchev–Trinajstić information content (AvgIpc) is 2.29. The number of rotatable bonds is 3. The van der Waals surface area contributed by atoms with Crippen LogP contribution in [0.5, 0.6) is 5.75 Å². The van der Waals surface area contributed by atoms with Gasteiger partial charge in [0.05, 0.1) is 25.1 Å². The molecule has 5 heteroatoms. The Bertz CT molecular complexity index is 365. The standard InChI is InChI=1S/C12H19N3O2/c1-12(2)6-9(4-5-17-12)15-11-13-7-10(16-3)8-14-11/h7-9H,4-6H2,1-3H3,(H,13,14,15). The van der Waals surface area contributed by atoms with Crippen molar-refractivity contribution in [2.75, 3.05) is 19.0 Å². The van der Waals surface area contributed by atoms with Crippen LogP contribution in [0.3, 0.4) is 0 Å². The Morgan fingerprint density at radius 2 is 2.12 bits per heavy atom. The average molecular weight is 237 g/mol. The van der Waals surface area contributed by atoms with Gasteiger partial charge in [0, 0.05) is 12.6 Å². The van der Waals surface area contributed by atoms with E-state index in [4.69, 9.17) is 9.47 Å². The van der Waals surface area contributed by atoms with E-state index in [-0.39, 0.29) is 5.60 Å². The van der Waals surface area contributed by atoms with E-state index in [1.165, 1.54) is 0 Å². The molecule has 0 spiro atoms. The summed E-state index contributed by atoms with van der Waals surface area (Å²) in [7, 11) is 1.60. The van der Waals surface area contributed by atoms with Crippen LogP contribution in [0.4, 0.5) is 5.95 Å². The van der Waals surface area contributed by atoms with E-state index in [1.54, 1.807) is 19.5 Å². The molecule has 2 rings (SSSR count). The lowest BCUT2D eigenvalue weighted by atomic mass is 9.94. The normalized spacial score (nSPS) is 23.1. The highest BCUT2D eigenvalue weighted by molar-refractivity contribution is 5.28. The highest BCUT2D eigenvalue weighted by atomic mass is 16.5. The van der Waals surface area contributed by atoms with Gasteiger partial charge in [-0.05, 0) is 26.7 Å². The third kappa shape index (κ3) is 3.30. The molecule has 1 N–H and O–H groups in total. The summed E-state index contributed by atoms with van der Waals surface area (Å²) in [5.41, 5.74) is -0.0671. The molecular weight excluding hydrogens is 218 g/mol. The van der Waals surface area contributed by atoms with Crippen LogP contribution < -0.4 is 10.1 Å². The van der Waals surface area contributed by atoms with E-state index < -0.39 is 0 Å². The van der Waals surface area contributed by atoms with Crippen LogP contribution in [0, 0.1) is 0 Å². The second-order valence-corrected chi connectivity index (χ2v) is 4.89. The first kappa shape index (κ1) is 12.1. The maximum absolute atomic E-state index is 5.67. The minimum Gasteiger partial charge on any atom is -0.494 e. The van der Waals surface area contributed by atoms with Gasteiger partial charge >= 0.3 is 0 Å². The summed E-state index contributed by atoms with van der Waals surface area (Å²) in [6.45, 7) is 4.99. The highest BCUT2D eigenvalue weighted by Crippen LogP contribution is 2.25. The molecule has 94 valence electrons. The third-order valence-electron chi connectivity index (χ3n) is 2.89. The second-order valence-electron chi connectivity index (χ2n) is 4.89. The zero-order valence-corrected chi connectivity index (χ0v) is 10.6. The Balaban J connectivity index is 1.95. The molecule has 0 aromatic carbocycles. The molecule has 1 unspecified atom stereocenters. The van der Waals surface area contributed by atoms with Crippen LogP contribution in [0.15, 0.2) is 12.4 Å².